The molecule has 13 heavy (non-hydrogen) atoms. The molecule has 2 aliphatic carbocycles. The predicted molar refractivity (Wildman–Crippen MR) is 53.6 cm³/mol. The van der Waals surface area contributed by atoms with Gasteiger partial charge in [0, 0.05) is 12.6 Å². The van der Waals surface area contributed by atoms with Crippen molar-refractivity contribution in [3.8, 4) is 0 Å². The van der Waals surface area contributed by atoms with Crippen molar-refractivity contribution in [1.82, 2.24) is 5.32 Å². The Labute approximate surface area is 80.7 Å². The molecule has 2 aliphatic rings. The van der Waals surface area contributed by atoms with Gasteiger partial charge in [-0.05, 0) is 25.2 Å². The van der Waals surface area contributed by atoms with Crippen LogP contribution in [0.25, 0.3) is 0 Å². The Morgan fingerprint density at radius 3 is 2.62 bits per heavy atom. The van der Waals surface area contributed by atoms with Gasteiger partial charge >= 0.3 is 0 Å². The molecule has 0 spiro atoms. The number of nitrogens with one attached hydrogen (secondary N) is 1. The lowest BCUT2D eigenvalue weighted by Crippen LogP contribution is -2.39. The van der Waals surface area contributed by atoms with E-state index in [4.69, 9.17) is 0 Å². The van der Waals surface area contributed by atoms with Crippen LogP contribution in [0.2, 0.25) is 0 Å². The Hall–Kier alpha value is -0.0800. The standard InChI is InChI=1S/C11H21NO/c1-2-9-7-10(9)12-8-11(13)5-3-4-6-11/h9-10,12-13H,2-8H2,1H3. The first-order valence-electron chi connectivity index (χ1n) is 5.69. The van der Waals surface area contributed by atoms with E-state index < -0.39 is 0 Å². The van der Waals surface area contributed by atoms with Crippen molar-refractivity contribution in [2.75, 3.05) is 6.54 Å². The van der Waals surface area contributed by atoms with E-state index in [0.717, 1.165) is 31.3 Å². The molecule has 2 N–H and O–H groups in total. The number of hydrogen-bond acceptors (Lipinski definition) is 2. The highest BCUT2D eigenvalue weighted by atomic mass is 16.3. The summed E-state index contributed by atoms with van der Waals surface area (Å²) in [5.41, 5.74) is -0.360. The summed E-state index contributed by atoms with van der Waals surface area (Å²) in [6, 6.07) is 0.717. The van der Waals surface area contributed by atoms with Crippen molar-refractivity contribution in [2.45, 2.75) is 57.1 Å². The molecule has 0 aromatic carbocycles. The van der Waals surface area contributed by atoms with Crippen LogP contribution in [0, 0.1) is 5.92 Å². The van der Waals surface area contributed by atoms with Gasteiger partial charge in [-0.2, -0.15) is 0 Å². The van der Waals surface area contributed by atoms with E-state index in [1.54, 1.807) is 0 Å². The average molecular weight is 183 g/mol. The zero-order chi connectivity index (χ0) is 9.31. The van der Waals surface area contributed by atoms with Crippen LogP contribution in [-0.2, 0) is 0 Å². The fourth-order valence-corrected chi connectivity index (χ4v) is 2.48. The van der Waals surface area contributed by atoms with Crippen molar-refractivity contribution in [1.29, 1.82) is 0 Å². The number of aliphatic hydroxyl groups is 1. The maximum Gasteiger partial charge on any atom is 0.0771 e. The van der Waals surface area contributed by atoms with E-state index in [0.29, 0.717) is 0 Å². The van der Waals surface area contributed by atoms with E-state index in [1.807, 2.05) is 0 Å². The second-order valence-electron chi connectivity index (χ2n) is 4.82. The van der Waals surface area contributed by atoms with Gasteiger partial charge in [0.2, 0.25) is 0 Å². The molecule has 2 fully saturated rings. The highest BCUT2D eigenvalue weighted by molar-refractivity contribution is 4.95. The Kier molecular flexibility index (Phi) is 2.61. The van der Waals surface area contributed by atoms with Gasteiger partial charge in [0.25, 0.3) is 0 Å². The summed E-state index contributed by atoms with van der Waals surface area (Å²) in [4.78, 5) is 0. The second-order valence-corrected chi connectivity index (χ2v) is 4.82. The van der Waals surface area contributed by atoms with Crippen molar-refractivity contribution in [3.05, 3.63) is 0 Å². The summed E-state index contributed by atoms with van der Waals surface area (Å²) >= 11 is 0. The highest BCUT2D eigenvalue weighted by Gasteiger charge is 2.38. The molecule has 2 heteroatoms. The molecule has 2 saturated carbocycles. The molecular formula is C11H21NO. The largest absolute Gasteiger partial charge is 0.389 e. The van der Waals surface area contributed by atoms with E-state index in [9.17, 15) is 5.11 Å². The van der Waals surface area contributed by atoms with Gasteiger partial charge in [0.15, 0.2) is 0 Å². The molecule has 0 radical (unpaired) electrons. The van der Waals surface area contributed by atoms with Gasteiger partial charge in [0.1, 0.15) is 0 Å². The van der Waals surface area contributed by atoms with Crippen LogP contribution in [0.1, 0.15) is 45.4 Å². The minimum Gasteiger partial charge on any atom is -0.389 e. The van der Waals surface area contributed by atoms with Crippen molar-refractivity contribution >= 4 is 0 Å². The molecule has 76 valence electrons. The zero-order valence-corrected chi connectivity index (χ0v) is 8.55. The molecule has 2 atom stereocenters. The predicted octanol–water partition coefficient (Wildman–Crippen LogP) is 1.68. The van der Waals surface area contributed by atoms with Crippen LogP contribution in [0.5, 0.6) is 0 Å². The van der Waals surface area contributed by atoms with E-state index in [-0.39, 0.29) is 5.60 Å². The molecule has 0 aliphatic heterocycles. The summed E-state index contributed by atoms with van der Waals surface area (Å²) < 4.78 is 0. The van der Waals surface area contributed by atoms with Crippen molar-refractivity contribution in [2.24, 2.45) is 5.92 Å². The van der Waals surface area contributed by atoms with Crippen LogP contribution in [0.3, 0.4) is 0 Å². The Morgan fingerprint density at radius 2 is 2.08 bits per heavy atom. The van der Waals surface area contributed by atoms with Crippen LogP contribution >= 0.6 is 0 Å². The van der Waals surface area contributed by atoms with Crippen LogP contribution in [-0.4, -0.2) is 23.3 Å². The van der Waals surface area contributed by atoms with Crippen molar-refractivity contribution in [3.63, 3.8) is 0 Å². The fraction of sp³-hybridized carbons (Fsp3) is 1.00. The van der Waals surface area contributed by atoms with Gasteiger partial charge in [0.05, 0.1) is 5.60 Å². The Morgan fingerprint density at radius 1 is 1.38 bits per heavy atom. The first-order valence-corrected chi connectivity index (χ1v) is 5.69. The van der Waals surface area contributed by atoms with Gasteiger partial charge in [-0.1, -0.05) is 26.2 Å². The topological polar surface area (TPSA) is 32.3 Å². The van der Waals surface area contributed by atoms with Gasteiger partial charge in [-0.25, -0.2) is 0 Å². The smallest absolute Gasteiger partial charge is 0.0771 e. The quantitative estimate of drug-likeness (QED) is 0.695. The minimum absolute atomic E-state index is 0.360. The number of rotatable bonds is 4. The summed E-state index contributed by atoms with van der Waals surface area (Å²) in [7, 11) is 0. The molecule has 0 aromatic rings. The normalized spacial score (nSPS) is 36.5. The molecule has 0 aromatic heterocycles. The van der Waals surface area contributed by atoms with E-state index >= 15 is 0 Å². The molecule has 2 rings (SSSR count). The highest BCUT2D eigenvalue weighted by Crippen LogP contribution is 2.35. The minimum atomic E-state index is -0.360. The van der Waals surface area contributed by atoms with Crippen LogP contribution in [0.4, 0.5) is 0 Å². The lowest BCUT2D eigenvalue weighted by Gasteiger charge is -2.22. The molecular weight excluding hydrogens is 162 g/mol. The fourth-order valence-electron chi connectivity index (χ4n) is 2.48. The van der Waals surface area contributed by atoms with E-state index in [1.165, 1.54) is 25.7 Å². The Balaban J connectivity index is 1.67. The van der Waals surface area contributed by atoms with Crippen LogP contribution < -0.4 is 5.32 Å². The zero-order valence-electron chi connectivity index (χ0n) is 8.55. The second kappa shape index (κ2) is 3.58. The lowest BCUT2D eigenvalue weighted by atomic mass is 10.0. The molecule has 0 heterocycles. The maximum absolute atomic E-state index is 10.1. The van der Waals surface area contributed by atoms with Crippen LogP contribution in [0.15, 0.2) is 0 Å². The average Bonchev–Trinajstić information content (AvgIpc) is 2.78. The molecule has 2 unspecified atom stereocenters. The van der Waals surface area contributed by atoms with Crippen molar-refractivity contribution < 1.29 is 5.11 Å². The first-order chi connectivity index (χ1) is 6.23. The molecule has 0 amide bonds. The van der Waals surface area contributed by atoms with Gasteiger partial charge in [-0.3, -0.25) is 0 Å². The molecule has 2 nitrogen and oxygen atoms in total. The third kappa shape index (κ3) is 2.23. The molecule has 0 bridgehead atoms. The van der Waals surface area contributed by atoms with E-state index in [2.05, 4.69) is 12.2 Å². The Bertz CT molecular complexity index is 175. The third-order valence-electron chi connectivity index (χ3n) is 3.67. The molecule has 0 saturated heterocycles. The monoisotopic (exact) mass is 183 g/mol. The summed E-state index contributed by atoms with van der Waals surface area (Å²) in [6.07, 6.45) is 7.04. The summed E-state index contributed by atoms with van der Waals surface area (Å²) in [6.45, 7) is 3.07. The SMILES string of the molecule is CCC1CC1NCC1(O)CCCC1. The first kappa shape index (κ1) is 9.47. The lowest BCUT2D eigenvalue weighted by molar-refractivity contribution is 0.0470. The summed E-state index contributed by atoms with van der Waals surface area (Å²) in [5, 5.41) is 13.6. The number of hydrogen-bond donors (Lipinski definition) is 2. The van der Waals surface area contributed by atoms with Gasteiger partial charge in [-0.15, -0.1) is 0 Å². The maximum atomic E-state index is 10.1. The van der Waals surface area contributed by atoms with Gasteiger partial charge < -0.3 is 10.4 Å². The summed E-state index contributed by atoms with van der Waals surface area (Å²) in [5.74, 6) is 0.894. The third-order valence-corrected chi connectivity index (χ3v) is 3.67.